The molecular weight excluding hydrogens is 226 g/mol. The summed E-state index contributed by atoms with van der Waals surface area (Å²) in [6, 6.07) is 7.97. The molecular formula is C13H17N5. The first-order chi connectivity index (χ1) is 8.38. The van der Waals surface area contributed by atoms with Gasteiger partial charge in [0.05, 0.1) is 0 Å². The lowest BCUT2D eigenvalue weighted by Crippen LogP contribution is -2.14. The fourth-order valence-electron chi connectivity index (χ4n) is 1.86. The molecule has 0 spiro atoms. The van der Waals surface area contributed by atoms with E-state index < -0.39 is 0 Å². The van der Waals surface area contributed by atoms with Gasteiger partial charge in [-0.1, -0.05) is 45.0 Å². The lowest BCUT2D eigenvalue weighted by Gasteiger charge is -2.22. The smallest absolute Gasteiger partial charge is 0.225 e. The van der Waals surface area contributed by atoms with Crippen LogP contribution >= 0.6 is 0 Å². The maximum atomic E-state index is 5.61. The SMILES string of the molecule is CC(C)(C)c1ccccc1-c1nc(N)nc(N)n1. The second-order valence-electron chi connectivity index (χ2n) is 5.17. The van der Waals surface area contributed by atoms with Crippen molar-refractivity contribution in [3.63, 3.8) is 0 Å². The first-order valence-electron chi connectivity index (χ1n) is 5.75. The maximum Gasteiger partial charge on any atom is 0.225 e. The van der Waals surface area contributed by atoms with Gasteiger partial charge in [0.2, 0.25) is 11.9 Å². The molecule has 0 radical (unpaired) electrons. The zero-order valence-electron chi connectivity index (χ0n) is 10.8. The first-order valence-corrected chi connectivity index (χ1v) is 5.75. The van der Waals surface area contributed by atoms with Crippen molar-refractivity contribution in [2.75, 3.05) is 11.5 Å². The average Bonchev–Trinajstić information content (AvgIpc) is 2.26. The summed E-state index contributed by atoms with van der Waals surface area (Å²) in [5.41, 5.74) is 13.3. The molecule has 5 nitrogen and oxygen atoms in total. The third kappa shape index (κ3) is 2.40. The second-order valence-corrected chi connectivity index (χ2v) is 5.17. The van der Waals surface area contributed by atoms with Gasteiger partial charge in [0.1, 0.15) is 0 Å². The van der Waals surface area contributed by atoms with Crippen LogP contribution in [0.25, 0.3) is 11.4 Å². The summed E-state index contributed by atoms with van der Waals surface area (Å²) in [7, 11) is 0. The van der Waals surface area contributed by atoms with E-state index in [1.54, 1.807) is 0 Å². The Hall–Kier alpha value is -2.17. The van der Waals surface area contributed by atoms with Gasteiger partial charge in [-0.15, -0.1) is 0 Å². The van der Waals surface area contributed by atoms with Crippen molar-refractivity contribution in [2.24, 2.45) is 0 Å². The highest BCUT2D eigenvalue weighted by atomic mass is 15.1. The quantitative estimate of drug-likeness (QED) is 0.799. The predicted molar refractivity (Wildman–Crippen MR) is 72.8 cm³/mol. The van der Waals surface area contributed by atoms with Crippen molar-refractivity contribution < 1.29 is 0 Å². The number of aromatic nitrogens is 3. The highest BCUT2D eigenvalue weighted by Crippen LogP contribution is 2.31. The largest absolute Gasteiger partial charge is 0.368 e. The van der Waals surface area contributed by atoms with Gasteiger partial charge in [-0.25, -0.2) is 0 Å². The number of hydrogen-bond acceptors (Lipinski definition) is 5. The van der Waals surface area contributed by atoms with Gasteiger partial charge in [0.15, 0.2) is 5.82 Å². The summed E-state index contributed by atoms with van der Waals surface area (Å²) in [6.07, 6.45) is 0. The first kappa shape index (κ1) is 12.3. The number of anilines is 2. The normalized spacial score (nSPS) is 11.5. The van der Waals surface area contributed by atoms with Gasteiger partial charge >= 0.3 is 0 Å². The Morgan fingerprint density at radius 3 is 2.00 bits per heavy atom. The zero-order chi connectivity index (χ0) is 13.3. The molecule has 0 unspecified atom stereocenters. The van der Waals surface area contributed by atoms with Gasteiger partial charge in [0, 0.05) is 5.56 Å². The summed E-state index contributed by atoms with van der Waals surface area (Å²) in [4.78, 5) is 12.1. The predicted octanol–water partition coefficient (Wildman–Crippen LogP) is 2.00. The van der Waals surface area contributed by atoms with Gasteiger partial charge in [0.25, 0.3) is 0 Å². The molecule has 1 heterocycles. The van der Waals surface area contributed by atoms with Crippen LogP contribution in [0.3, 0.4) is 0 Å². The van der Waals surface area contributed by atoms with E-state index in [2.05, 4.69) is 41.8 Å². The molecule has 2 aromatic rings. The Balaban J connectivity index is 2.64. The summed E-state index contributed by atoms with van der Waals surface area (Å²) in [6.45, 7) is 6.42. The standard InChI is InChI=1S/C13H17N5/c1-13(2,3)9-7-5-4-6-8(9)10-16-11(14)18-12(15)17-10/h4-7H,1-3H3,(H4,14,15,16,17,18). The molecule has 0 fully saturated rings. The Labute approximate surface area is 106 Å². The molecule has 1 aromatic heterocycles. The minimum absolute atomic E-state index is 0.00720. The highest BCUT2D eigenvalue weighted by molar-refractivity contribution is 5.63. The lowest BCUT2D eigenvalue weighted by molar-refractivity contribution is 0.591. The minimum atomic E-state index is -0.00720. The van der Waals surface area contributed by atoms with Crippen molar-refractivity contribution >= 4 is 11.9 Å². The second kappa shape index (κ2) is 4.25. The maximum absolute atomic E-state index is 5.61. The van der Waals surface area contributed by atoms with E-state index in [0.717, 1.165) is 11.1 Å². The Morgan fingerprint density at radius 2 is 1.44 bits per heavy atom. The van der Waals surface area contributed by atoms with E-state index in [0.29, 0.717) is 5.82 Å². The molecule has 0 saturated heterocycles. The Morgan fingerprint density at radius 1 is 0.889 bits per heavy atom. The van der Waals surface area contributed by atoms with E-state index in [9.17, 15) is 0 Å². The highest BCUT2D eigenvalue weighted by Gasteiger charge is 2.20. The number of nitrogen functional groups attached to an aromatic ring is 2. The van der Waals surface area contributed by atoms with E-state index in [-0.39, 0.29) is 17.3 Å². The summed E-state index contributed by atoms with van der Waals surface area (Å²) in [5.74, 6) is 0.799. The number of nitrogens with zero attached hydrogens (tertiary/aromatic N) is 3. The van der Waals surface area contributed by atoms with E-state index in [4.69, 9.17) is 11.5 Å². The molecule has 0 amide bonds. The number of rotatable bonds is 1. The van der Waals surface area contributed by atoms with Crippen LogP contribution in [0.15, 0.2) is 24.3 Å². The topological polar surface area (TPSA) is 90.7 Å². The van der Waals surface area contributed by atoms with Gasteiger partial charge in [-0.05, 0) is 11.0 Å². The van der Waals surface area contributed by atoms with Gasteiger partial charge in [-0.2, -0.15) is 15.0 Å². The lowest BCUT2D eigenvalue weighted by atomic mass is 9.83. The molecule has 0 aliphatic heterocycles. The van der Waals surface area contributed by atoms with E-state index in [1.165, 1.54) is 0 Å². The molecule has 1 aromatic carbocycles. The van der Waals surface area contributed by atoms with Crippen LogP contribution in [0.4, 0.5) is 11.9 Å². The van der Waals surface area contributed by atoms with Crippen LogP contribution in [0.2, 0.25) is 0 Å². The van der Waals surface area contributed by atoms with Gasteiger partial charge in [-0.3, -0.25) is 0 Å². The van der Waals surface area contributed by atoms with Crippen LogP contribution in [-0.2, 0) is 5.41 Å². The monoisotopic (exact) mass is 243 g/mol. The molecule has 0 bridgehead atoms. The van der Waals surface area contributed by atoms with Crippen molar-refractivity contribution in [2.45, 2.75) is 26.2 Å². The van der Waals surface area contributed by atoms with Crippen molar-refractivity contribution in [1.82, 2.24) is 15.0 Å². The molecule has 2 rings (SSSR count). The van der Waals surface area contributed by atoms with Crippen LogP contribution < -0.4 is 11.5 Å². The molecule has 18 heavy (non-hydrogen) atoms. The number of benzene rings is 1. The summed E-state index contributed by atoms with van der Waals surface area (Å²) < 4.78 is 0. The van der Waals surface area contributed by atoms with Crippen LogP contribution in [0.1, 0.15) is 26.3 Å². The molecule has 0 aliphatic rings. The molecule has 0 atom stereocenters. The fraction of sp³-hybridized carbons (Fsp3) is 0.308. The number of nitrogens with two attached hydrogens (primary N) is 2. The molecule has 0 aliphatic carbocycles. The van der Waals surface area contributed by atoms with E-state index in [1.807, 2.05) is 18.2 Å². The summed E-state index contributed by atoms with van der Waals surface area (Å²) in [5, 5.41) is 0. The molecule has 0 saturated carbocycles. The van der Waals surface area contributed by atoms with Crippen molar-refractivity contribution in [1.29, 1.82) is 0 Å². The molecule has 5 heteroatoms. The minimum Gasteiger partial charge on any atom is -0.368 e. The molecule has 4 N–H and O–H groups in total. The van der Waals surface area contributed by atoms with E-state index >= 15 is 0 Å². The zero-order valence-corrected chi connectivity index (χ0v) is 10.8. The summed E-state index contributed by atoms with van der Waals surface area (Å²) >= 11 is 0. The van der Waals surface area contributed by atoms with Crippen LogP contribution in [0.5, 0.6) is 0 Å². The van der Waals surface area contributed by atoms with Crippen molar-refractivity contribution in [3.05, 3.63) is 29.8 Å². The Bertz CT molecular complexity index is 552. The van der Waals surface area contributed by atoms with Crippen LogP contribution in [0, 0.1) is 0 Å². The molecule has 94 valence electrons. The number of hydrogen-bond donors (Lipinski definition) is 2. The van der Waals surface area contributed by atoms with Crippen molar-refractivity contribution in [3.8, 4) is 11.4 Å². The Kier molecular flexibility index (Phi) is 2.90. The third-order valence-corrected chi connectivity index (χ3v) is 2.65. The fourth-order valence-corrected chi connectivity index (χ4v) is 1.86. The average molecular weight is 243 g/mol. The van der Waals surface area contributed by atoms with Gasteiger partial charge < -0.3 is 11.5 Å². The third-order valence-electron chi connectivity index (χ3n) is 2.65. The van der Waals surface area contributed by atoms with Crippen LogP contribution in [-0.4, -0.2) is 15.0 Å².